The van der Waals surface area contributed by atoms with Crippen LogP contribution in [0, 0.1) is 16.0 Å². The van der Waals surface area contributed by atoms with Gasteiger partial charge in [0.05, 0.1) is 23.4 Å². The number of piperidine rings is 1. The van der Waals surface area contributed by atoms with Crippen molar-refractivity contribution in [1.29, 1.82) is 0 Å². The number of para-hydroxylation sites is 2. The number of nitro groups is 1. The topological polar surface area (TPSA) is 84.7 Å². The molecular weight excluding hydrogens is 346 g/mol. The molecule has 1 saturated heterocycles. The van der Waals surface area contributed by atoms with Crippen LogP contribution in [0.5, 0.6) is 5.75 Å². The van der Waals surface area contributed by atoms with Gasteiger partial charge < -0.3 is 15.0 Å². The first-order chi connectivity index (χ1) is 13.0. The van der Waals surface area contributed by atoms with Crippen LogP contribution in [0.1, 0.15) is 30.1 Å². The number of anilines is 2. The quantitative estimate of drug-likeness (QED) is 0.634. The van der Waals surface area contributed by atoms with Crippen LogP contribution in [0.15, 0.2) is 42.5 Å². The van der Waals surface area contributed by atoms with Crippen LogP contribution in [0.25, 0.3) is 0 Å². The Kier molecular flexibility index (Phi) is 5.59. The standard InChI is InChI=1S/C20H23N3O4/c1-14-9-11-22(12-10-14)17-6-4-3-5-16(17)21-20(24)15-7-8-19(27-2)18(13-15)23(25)26/h3-8,13-14H,9-12H2,1-2H3,(H,21,24). The van der Waals surface area contributed by atoms with Gasteiger partial charge in [0.2, 0.25) is 0 Å². The smallest absolute Gasteiger partial charge is 0.311 e. The zero-order valence-corrected chi connectivity index (χ0v) is 15.5. The van der Waals surface area contributed by atoms with Crippen molar-refractivity contribution >= 4 is 23.0 Å². The Balaban J connectivity index is 1.83. The summed E-state index contributed by atoms with van der Waals surface area (Å²) in [6, 6.07) is 11.8. The molecule has 0 spiro atoms. The van der Waals surface area contributed by atoms with Crippen LogP contribution in [-0.4, -0.2) is 31.0 Å². The molecule has 1 aliphatic rings. The van der Waals surface area contributed by atoms with Crippen LogP contribution in [-0.2, 0) is 0 Å². The maximum atomic E-state index is 12.7. The molecule has 1 fully saturated rings. The van der Waals surface area contributed by atoms with E-state index in [1.54, 1.807) is 0 Å². The molecular formula is C20H23N3O4. The molecule has 0 aromatic heterocycles. The van der Waals surface area contributed by atoms with Gasteiger partial charge in [0.1, 0.15) is 0 Å². The molecule has 3 rings (SSSR count). The molecule has 2 aromatic carbocycles. The SMILES string of the molecule is COc1ccc(C(=O)Nc2ccccc2N2CCC(C)CC2)cc1[N+](=O)[O-]. The molecule has 0 unspecified atom stereocenters. The number of carbonyl (C=O) groups is 1. The molecule has 1 aliphatic heterocycles. The Labute approximate surface area is 158 Å². The van der Waals surface area contributed by atoms with E-state index in [4.69, 9.17) is 4.74 Å². The first kappa shape index (κ1) is 18.7. The molecule has 1 amide bonds. The Morgan fingerprint density at radius 2 is 1.93 bits per heavy atom. The maximum absolute atomic E-state index is 12.7. The van der Waals surface area contributed by atoms with Crippen molar-refractivity contribution in [1.82, 2.24) is 0 Å². The fraction of sp³-hybridized carbons (Fsp3) is 0.350. The van der Waals surface area contributed by atoms with Crippen molar-refractivity contribution < 1.29 is 14.5 Å². The molecule has 2 aromatic rings. The molecule has 0 radical (unpaired) electrons. The second kappa shape index (κ2) is 8.07. The fourth-order valence-electron chi connectivity index (χ4n) is 3.27. The minimum absolute atomic E-state index is 0.124. The number of nitrogens with zero attached hydrogens (tertiary/aromatic N) is 2. The summed E-state index contributed by atoms with van der Waals surface area (Å²) in [4.78, 5) is 25.6. The van der Waals surface area contributed by atoms with Crippen LogP contribution < -0.4 is 15.0 Å². The van der Waals surface area contributed by atoms with Gasteiger partial charge in [-0.2, -0.15) is 0 Å². The lowest BCUT2D eigenvalue weighted by Gasteiger charge is -2.33. The number of amides is 1. The second-order valence-corrected chi connectivity index (χ2v) is 6.78. The first-order valence-electron chi connectivity index (χ1n) is 8.97. The van der Waals surface area contributed by atoms with Crippen LogP contribution in [0.2, 0.25) is 0 Å². The highest BCUT2D eigenvalue weighted by molar-refractivity contribution is 6.06. The summed E-state index contributed by atoms with van der Waals surface area (Å²) in [5, 5.41) is 14.1. The van der Waals surface area contributed by atoms with Crippen LogP contribution in [0.3, 0.4) is 0 Å². The van der Waals surface area contributed by atoms with E-state index in [1.165, 1.54) is 25.3 Å². The maximum Gasteiger partial charge on any atom is 0.311 e. The van der Waals surface area contributed by atoms with Crippen LogP contribution >= 0.6 is 0 Å². The molecule has 7 nitrogen and oxygen atoms in total. The van der Waals surface area contributed by atoms with E-state index in [2.05, 4.69) is 17.1 Å². The molecule has 0 atom stereocenters. The lowest BCUT2D eigenvalue weighted by atomic mass is 9.98. The number of ether oxygens (including phenoxy) is 1. The predicted molar refractivity (Wildman–Crippen MR) is 105 cm³/mol. The average Bonchev–Trinajstić information content (AvgIpc) is 2.68. The molecule has 0 bridgehead atoms. The van der Waals surface area contributed by atoms with E-state index in [9.17, 15) is 14.9 Å². The predicted octanol–water partition coefficient (Wildman–Crippen LogP) is 4.09. The van der Waals surface area contributed by atoms with Crippen molar-refractivity contribution in [3.63, 3.8) is 0 Å². The van der Waals surface area contributed by atoms with Crippen molar-refractivity contribution in [3.8, 4) is 5.75 Å². The Morgan fingerprint density at radius 1 is 1.22 bits per heavy atom. The third kappa shape index (κ3) is 4.19. The molecule has 27 heavy (non-hydrogen) atoms. The Morgan fingerprint density at radius 3 is 2.59 bits per heavy atom. The van der Waals surface area contributed by atoms with E-state index in [0.717, 1.165) is 31.6 Å². The molecule has 0 saturated carbocycles. The number of hydrogen-bond donors (Lipinski definition) is 1. The van der Waals surface area contributed by atoms with Crippen molar-refractivity contribution in [2.24, 2.45) is 5.92 Å². The summed E-state index contributed by atoms with van der Waals surface area (Å²) < 4.78 is 4.99. The average molecular weight is 369 g/mol. The van der Waals surface area contributed by atoms with E-state index >= 15 is 0 Å². The van der Waals surface area contributed by atoms with E-state index < -0.39 is 10.8 Å². The minimum atomic E-state index is -0.557. The van der Waals surface area contributed by atoms with Crippen molar-refractivity contribution in [2.45, 2.75) is 19.8 Å². The summed E-state index contributed by atoms with van der Waals surface area (Å²) >= 11 is 0. The lowest BCUT2D eigenvalue weighted by molar-refractivity contribution is -0.385. The summed E-state index contributed by atoms with van der Waals surface area (Å²) in [7, 11) is 1.36. The zero-order chi connectivity index (χ0) is 19.4. The normalized spacial score (nSPS) is 14.7. The first-order valence-corrected chi connectivity index (χ1v) is 8.97. The third-order valence-corrected chi connectivity index (χ3v) is 4.91. The number of rotatable bonds is 5. The minimum Gasteiger partial charge on any atom is -0.490 e. The van der Waals surface area contributed by atoms with Gasteiger partial charge in [0, 0.05) is 24.7 Å². The van der Waals surface area contributed by atoms with Crippen LogP contribution in [0.4, 0.5) is 17.1 Å². The summed E-state index contributed by atoms with van der Waals surface area (Å²) in [5.41, 5.74) is 1.66. The second-order valence-electron chi connectivity index (χ2n) is 6.78. The van der Waals surface area contributed by atoms with E-state index in [-0.39, 0.29) is 17.0 Å². The van der Waals surface area contributed by atoms with Gasteiger partial charge in [-0.25, -0.2) is 0 Å². The zero-order valence-electron chi connectivity index (χ0n) is 15.5. The van der Waals surface area contributed by atoms with Crippen molar-refractivity contribution in [3.05, 3.63) is 58.1 Å². The van der Waals surface area contributed by atoms with Gasteiger partial charge in [-0.3, -0.25) is 14.9 Å². The number of methoxy groups -OCH3 is 1. The van der Waals surface area contributed by atoms with Gasteiger partial charge in [0.25, 0.3) is 5.91 Å². The monoisotopic (exact) mass is 369 g/mol. The Bertz CT molecular complexity index is 845. The number of nitro benzene ring substituents is 1. The van der Waals surface area contributed by atoms with Gasteiger partial charge in [0.15, 0.2) is 5.75 Å². The van der Waals surface area contributed by atoms with Crippen molar-refractivity contribution in [2.75, 3.05) is 30.4 Å². The van der Waals surface area contributed by atoms with Gasteiger partial charge in [-0.05, 0) is 43.0 Å². The molecule has 7 heteroatoms. The van der Waals surface area contributed by atoms with Gasteiger partial charge >= 0.3 is 5.69 Å². The van der Waals surface area contributed by atoms with Gasteiger partial charge in [-0.1, -0.05) is 19.1 Å². The van der Waals surface area contributed by atoms with Gasteiger partial charge in [-0.15, -0.1) is 0 Å². The lowest BCUT2D eigenvalue weighted by Crippen LogP contribution is -2.33. The number of nitrogens with one attached hydrogen (secondary N) is 1. The van der Waals surface area contributed by atoms with E-state index in [1.807, 2.05) is 24.3 Å². The molecule has 142 valence electrons. The molecule has 0 aliphatic carbocycles. The molecule has 1 N–H and O–H groups in total. The number of benzene rings is 2. The highest BCUT2D eigenvalue weighted by Gasteiger charge is 2.21. The highest BCUT2D eigenvalue weighted by atomic mass is 16.6. The largest absolute Gasteiger partial charge is 0.490 e. The molecule has 1 heterocycles. The fourth-order valence-corrected chi connectivity index (χ4v) is 3.27. The summed E-state index contributed by atoms with van der Waals surface area (Å²) in [6.07, 6.45) is 2.24. The summed E-state index contributed by atoms with van der Waals surface area (Å²) in [5.74, 6) is 0.445. The Hall–Kier alpha value is -3.09. The third-order valence-electron chi connectivity index (χ3n) is 4.91. The number of carbonyl (C=O) groups excluding carboxylic acids is 1. The number of hydrogen-bond acceptors (Lipinski definition) is 5. The highest BCUT2D eigenvalue weighted by Crippen LogP contribution is 2.31. The summed E-state index contributed by atoms with van der Waals surface area (Å²) in [6.45, 7) is 4.14. The van der Waals surface area contributed by atoms with E-state index in [0.29, 0.717) is 11.6 Å².